The van der Waals surface area contributed by atoms with E-state index < -0.39 is 9.84 Å². The van der Waals surface area contributed by atoms with Gasteiger partial charge in [0.05, 0.1) is 24.0 Å². The summed E-state index contributed by atoms with van der Waals surface area (Å²) in [4.78, 5) is 4.76. The maximum absolute atomic E-state index is 11.7. The number of hydrogen-bond acceptors (Lipinski definition) is 6. The van der Waals surface area contributed by atoms with Gasteiger partial charge in [0.25, 0.3) is 0 Å². The first kappa shape index (κ1) is 16.3. The number of rotatable bonds is 4. The van der Waals surface area contributed by atoms with E-state index in [-0.39, 0.29) is 28.3 Å². The number of aromatic nitrogens is 2. The molecule has 26 heavy (non-hydrogen) atoms. The molecule has 0 bridgehead atoms. The van der Waals surface area contributed by atoms with Crippen LogP contribution in [0.15, 0.2) is 28.8 Å². The fraction of sp³-hybridized carbons (Fsp3) is 0.579. The molecule has 0 amide bonds. The van der Waals surface area contributed by atoms with Crippen LogP contribution in [-0.4, -0.2) is 37.2 Å². The van der Waals surface area contributed by atoms with E-state index in [0.717, 1.165) is 43.7 Å². The average molecular weight is 374 g/mol. The first-order chi connectivity index (χ1) is 12.5. The Balaban J connectivity index is 1.38. The minimum absolute atomic E-state index is 0.0712. The Morgan fingerprint density at radius 2 is 1.96 bits per heavy atom. The molecule has 2 saturated carbocycles. The van der Waals surface area contributed by atoms with Gasteiger partial charge in [-0.05, 0) is 55.2 Å². The van der Waals surface area contributed by atoms with Crippen molar-refractivity contribution in [2.75, 3.05) is 18.6 Å². The summed E-state index contributed by atoms with van der Waals surface area (Å²) in [5.74, 6) is 3.08. The molecule has 3 aliphatic rings. The Labute approximate surface area is 152 Å². The SMILES string of the molecule is COc1cccc(C2(c3noc(C4CC45CCS(=O)(=O)CC5)n3)CC2)c1. The zero-order valence-corrected chi connectivity index (χ0v) is 15.6. The number of sulfone groups is 1. The molecule has 7 heteroatoms. The second-order valence-electron chi connectivity index (χ2n) is 8.04. The lowest BCUT2D eigenvalue weighted by Gasteiger charge is -2.21. The largest absolute Gasteiger partial charge is 0.497 e. The van der Waals surface area contributed by atoms with E-state index in [1.807, 2.05) is 18.2 Å². The summed E-state index contributed by atoms with van der Waals surface area (Å²) in [6.07, 6.45) is 4.42. The molecule has 3 fully saturated rings. The summed E-state index contributed by atoms with van der Waals surface area (Å²) in [7, 11) is -1.18. The van der Waals surface area contributed by atoms with Crippen molar-refractivity contribution in [2.24, 2.45) is 5.41 Å². The van der Waals surface area contributed by atoms with E-state index >= 15 is 0 Å². The molecule has 2 heterocycles. The Morgan fingerprint density at radius 3 is 2.65 bits per heavy atom. The smallest absolute Gasteiger partial charge is 0.230 e. The monoisotopic (exact) mass is 374 g/mol. The van der Waals surface area contributed by atoms with E-state index in [1.54, 1.807) is 7.11 Å². The molecule has 1 atom stereocenters. The highest BCUT2D eigenvalue weighted by Crippen LogP contribution is 2.65. The number of methoxy groups -OCH3 is 1. The third kappa shape index (κ3) is 2.47. The van der Waals surface area contributed by atoms with Gasteiger partial charge in [-0.25, -0.2) is 8.42 Å². The quantitative estimate of drug-likeness (QED) is 0.818. The van der Waals surface area contributed by atoms with Gasteiger partial charge in [-0.2, -0.15) is 4.98 Å². The second kappa shape index (κ2) is 5.31. The third-order valence-corrected chi connectivity index (χ3v) is 8.20. The number of nitrogens with zero attached hydrogens (tertiary/aromatic N) is 2. The molecule has 2 aliphatic carbocycles. The highest BCUT2D eigenvalue weighted by molar-refractivity contribution is 7.91. The third-order valence-electron chi connectivity index (χ3n) is 6.55. The second-order valence-corrected chi connectivity index (χ2v) is 10.3. The summed E-state index contributed by atoms with van der Waals surface area (Å²) in [5.41, 5.74) is 1.08. The van der Waals surface area contributed by atoms with Crippen LogP contribution in [0.4, 0.5) is 0 Å². The van der Waals surface area contributed by atoms with Gasteiger partial charge in [0.15, 0.2) is 5.82 Å². The van der Waals surface area contributed by atoms with Gasteiger partial charge in [0.1, 0.15) is 15.6 Å². The molecule has 1 saturated heterocycles. The van der Waals surface area contributed by atoms with Gasteiger partial charge >= 0.3 is 0 Å². The molecule has 0 radical (unpaired) electrons. The van der Waals surface area contributed by atoms with Gasteiger partial charge in [-0.3, -0.25) is 0 Å². The van der Waals surface area contributed by atoms with Crippen LogP contribution >= 0.6 is 0 Å². The standard InChI is InChI=1S/C19H22N2O4S/c1-24-14-4-2-3-13(11-14)19(5-6-19)17-20-16(25-21-17)15-12-18(15)7-9-26(22,23)10-8-18/h2-4,11,15H,5-10,12H2,1H3. The van der Waals surface area contributed by atoms with Crippen LogP contribution in [0, 0.1) is 5.41 Å². The Kier molecular flexibility index (Phi) is 3.33. The molecular weight excluding hydrogens is 352 g/mol. The minimum Gasteiger partial charge on any atom is -0.497 e. The van der Waals surface area contributed by atoms with Crippen LogP contribution in [0.2, 0.25) is 0 Å². The van der Waals surface area contributed by atoms with E-state index in [9.17, 15) is 8.42 Å². The number of benzene rings is 1. The zero-order chi connectivity index (χ0) is 18.0. The Bertz CT molecular complexity index is 947. The van der Waals surface area contributed by atoms with Gasteiger partial charge in [-0.15, -0.1) is 0 Å². The molecule has 1 aromatic carbocycles. The summed E-state index contributed by atoms with van der Waals surface area (Å²) in [5, 5.41) is 4.30. The Hall–Kier alpha value is -1.89. The maximum atomic E-state index is 11.7. The van der Waals surface area contributed by atoms with Gasteiger partial charge in [0, 0.05) is 5.92 Å². The number of ether oxygens (including phenoxy) is 1. The molecule has 6 nitrogen and oxygen atoms in total. The predicted octanol–water partition coefficient (Wildman–Crippen LogP) is 2.84. The van der Waals surface area contributed by atoms with Gasteiger partial charge in [0.2, 0.25) is 5.89 Å². The van der Waals surface area contributed by atoms with Crippen LogP contribution in [-0.2, 0) is 15.3 Å². The van der Waals surface area contributed by atoms with E-state index in [1.165, 1.54) is 5.56 Å². The summed E-state index contributed by atoms with van der Waals surface area (Å²) >= 11 is 0. The van der Waals surface area contributed by atoms with Crippen molar-refractivity contribution < 1.29 is 17.7 Å². The fourth-order valence-corrected chi connectivity index (χ4v) is 6.09. The Morgan fingerprint density at radius 1 is 1.19 bits per heavy atom. The van der Waals surface area contributed by atoms with Crippen molar-refractivity contribution in [1.29, 1.82) is 0 Å². The molecule has 5 rings (SSSR count). The molecule has 138 valence electrons. The van der Waals surface area contributed by atoms with Crippen molar-refractivity contribution in [3.8, 4) is 5.75 Å². The summed E-state index contributed by atoms with van der Waals surface area (Å²) in [6.45, 7) is 0. The van der Waals surface area contributed by atoms with Gasteiger partial charge in [-0.1, -0.05) is 17.3 Å². The summed E-state index contributed by atoms with van der Waals surface area (Å²) in [6, 6.07) is 8.07. The lowest BCUT2D eigenvalue weighted by Crippen LogP contribution is -2.25. The normalized spacial score (nSPS) is 27.2. The molecule has 1 unspecified atom stereocenters. The van der Waals surface area contributed by atoms with Gasteiger partial charge < -0.3 is 9.26 Å². The predicted molar refractivity (Wildman–Crippen MR) is 95.0 cm³/mol. The molecular formula is C19H22N2O4S. The minimum atomic E-state index is -2.85. The van der Waals surface area contributed by atoms with Crippen LogP contribution in [0.25, 0.3) is 0 Å². The molecule has 1 aliphatic heterocycles. The van der Waals surface area contributed by atoms with Crippen molar-refractivity contribution in [1.82, 2.24) is 10.1 Å². The maximum Gasteiger partial charge on any atom is 0.230 e. The van der Waals surface area contributed by atoms with Crippen LogP contribution in [0.3, 0.4) is 0 Å². The molecule has 1 spiro atoms. The van der Waals surface area contributed by atoms with E-state index in [4.69, 9.17) is 14.2 Å². The van der Waals surface area contributed by atoms with Crippen LogP contribution in [0.5, 0.6) is 5.75 Å². The lowest BCUT2D eigenvalue weighted by atomic mass is 9.94. The topological polar surface area (TPSA) is 82.3 Å². The average Bonchev–Trinajstić information content (AvgIpc) is 3.55. The fourth-order valence-electron chi connectivity index (χ4n) is 4.45. The van der Waals surface area contributed by atoms with E-state index in [2.05, 4.69) is 11.2 Å². The van der Waals surface area contributed by atoms with Crippen molar-refractivity contribution >= 4 is 9.84 Å². The highest BCUT2D eigenvalue weighted by Gasteiger charge is 2.60. The number of hydrogen-bond donors (Lipinski definition) is 0. The van der Waals surface area contributed by atoms with Crippen molar-refractivity contribution in [3.63, 3.8) is 0 Å². The first-order valence-electron chi connectivity index (χ1n) is 9.16. The molecule has 1 aromatic heterocycles. The van der Waals surface area contributed by atoms with E-state index in [0.29, 0.717) is 5.89 Å². The van der Waals surface area contributed by atoms with Crippen molar-refractivity contribution in [3.05, 3.63) is 41.5 Å². The van der Waals surface area contributed by atoms with Crippen LogP contribution < -0.4 is 4.74 Å². The zero-order valence-electron chi connectivity index (χ0n) is 14.8. The summed E-state index contributed by atoms with van der Waals surface area (Å²) < 4.78 is 34.4. The molecule has 2 aromatic rings. The van der Waals surface area contributed by atoms with Crippen LogP contribution in [0.1, 0.15) is 55.3 Å². The highest BCUT2D eigenvalue weighted by atomic mass is 32.2. The first-order valence-corrected chi connectivity index (χ1v) is 11.0. The molecule has 0 N–H and O–H groups in total. The van der Waals surface area contributed by atoms with Crippen molar-refractivity contribution in [2.45, 2.75) is 43.4 Å². The lowest BCUT2D eigenvalue weighted by molar-refractivity contribution is 0.343.